The Labute approximate surface area is 93.5 Å². The quantitative estimate of drug-likeness (QED) is 0.771. The maximum absolute atomic E-state index is 11.7. The maximum atomic E-state index is 11.7. The SMILES string of the molecule is O=C(Cc1ccccc1Cl)N1CCCO1. The first-order valence-electron chi connectivity index (χ1n) is 4.94. The number of halogens is 1. The fourth-order valence-electron chi connectivity index (χ4n) is 1.54. The average molecular weight is 226 g/mol. The first-order chi connectivity index (χ1) is 7.27. The van der Waals surface area contributed by atoms with Crippen LogP contribution in [0.2, 0.25) is 5.02 Å². The van der Waals surface area contributed by atoms with Crippen molar-refractivity contribution in [1.82, 2.24) is 5.06 Å². The van der Waals surface area contributed by atoms with Gasteiger partial charge in [-0.15, -0.1) is 0 Å². The maximum Gasteiger partial charge on any atom is 0.250 e. The zero-order valence-electron chi connectivity index (χ0n) is 8.28. The van der Waals surface area contributed by atoms with Crippen LogP contribution in [0, 0.1) is 0 Å². The molecule has 1 aromatic rings. The van der Waals surface area contributed by atoms with Crippen molar-refractivity contribution in [3.05, 3.63) is 34.9 Å². The summed E-state index contributed by atoms with van der Waals surface area (Å²) in [6.45, 7) is 1.32. The standard InChI is InChI=1S/C11H12ClNO2/c12-10-5-2-1-4-9(10)8-11(14)13-6-3-7-15-13/h1-2,4-5H,3,6-8H2. The van der Waals surface area contributed by atoms with Gasteiger partial charge < -0.3 is 0 Å². The van der Waals surface area contributed by atoms with Gasteiger partial charge in [0, 0.05) is 5.02 Å². The molecule has 1 heterocycles. The van der Waals surface area contributed by atoms with Gasteiger partial charge in [-0.25, -0.2) is 5.06 Å². The molecule has 0 N–H and O–H groups in total. The number of hydrogen-bond donors (Lipinski definition) is 0. The van der Waals surface area contributed by atoms with E-state index < -0.39 is 0 Å². The molecule has 0 bridgehead atoms. The van der Waals surface area contributed by atoms with Gasteiger partial charge in [0.25, 0.3) is 5.91 Å². The summed E-state index contributed by atoms with van der Waals surface area (Å²) in [5.41, 5.74) is 0.847. The van der Waals surface area contributed by atoms with Crippen molar-refractivity contribution < 1.29 is 9.63 Å². The van der Waals surface area contributed by atoms with E-state index >= 15 is 0 Å². The van der Waals surface area contributed by atoms with Gasteiger partial charge in [0.2, 0.25) is 0 Å². The van der Waals surface area contributed by atoms with E-state index in [1.54, 1.807) is 6.07 Å². The van der Waals surface area contributed by atoms with Crippen molar-refractivity contribution in [2.45, 2.75) is 12.8 Å². The molecule has 1 aliphatic rings. The van der Waals surface area contributed by atoms with Gasteiger partial charge in [0.1, 0.15) is 0 Å². The second-order valence-corrected chi connectivity index (χ2v) is 3.86. The van der Waals surface area contributed by atoms with Crippen LogP contribution in [-0.2, 0) is 16.1 Å². The highest BCUT2D eigenvalue weighted by atomic mass is 35.5. The number of carbonyl (C=O) groups is 1. The van der Waals surface area contributed by atoms with Crippen molar-refractivity contribution in [1.29, 1.82) is 0 Å². The molecule has 1 amide bonds. The van der Waals surface area contributed by atoms with Gasteiger partial charge in [-0.3, -0.25) is 9.63 Å². The van der Waals surface area contributed by atoms with Gasteiger partial charge in [-0.2, -0.15) is 0 Å². The molecule has 4 heteroatoms. The van der Waals surface area contributed by atoms with E-state index in [1.165, 1.54) is 5.06 Å². The number of carbonyl (C=O) groups excluding carboxylic acids is 1. The van der Waals surface area contributed by atoms with Crippen LogP contribution in [0.4, 0.5) is 0 Å². The van der Waals surface area contributed by atoms with Crippen LogP contribution < -0.4 is 0 Å². The molecular formula is C11H12ClNO2. The number of hydroxylamine groups is 2. The Morgan fingerprint density at radius 3 is 2.93 bits per heavy atom. The molecule has 0 radical (unpaired) electrons. The fourth-order valence-corrected chi connectivity index (χ4v) is 1.74. The third kappa shape index (κ3) is 2.49. The minimum atomic E-state index is -0.0272. The summed E-state index contributed by atoms with van der Waals surface area (Å²) in [7, 11) is 0. The number of hydrogen-bond acceptors (Lipinski definition) is 2. The predicted molar refractivity (Wildman–Crippen MR) is 57.4 cm³/mol. The van der Waals surface area contributed by atoms with Crippen LogP contribution in [-0.4, -0.2) is 24.1 Å². The number of rotatable bonds is 2. The lowest BCUT2D eigenvalue weighted by molar-refractivity contribution is -0.167. The zero-order chi connectivity index (χ0) is 10.7. The molecule has 0 unspecified atom stereocenters. The van der Waals surface area contributed by atoms with Crippen LogP contribution in [0.15, 0.2) is 24.3 Å². The highest BCUT2D eigenvalue weighted by Gasteiger charge is 2.19. The van der Waals surface area contributed by atoms with Gasteiger partial charge in [0.15, 0.2) is 0 Å². The lowest BCUT2D eigenvalue weighted by atomic mass is 10.1. The van der Waals surface area contributed by atoms with E-state index in [0.29, 0.717) is 24.6 Å². The van der Waals surface area contributed by atoms with Crippen molar-refractivity contribution in [2.75, 3.05) is 13.2 Å². The van der Waals surface area contributed by atoms with Crippen LogP contribution in [0.5, 0.6) is 0 Å². The second-order valence-electron chi connectivity index (χ2n) is 3.45. The summed E-state index contributed by atoms with van der Waals surface area (Å²) in [6.07, 6.45) is 1.22. The number of nitrogens with zero attached hydrogens (tertiary/aromatic N) is 1. The highest BCUT2D eigenvalue weighted by Crippen LogP contribution is 2.17. The van der Waals surface area contributed by atoms with Gasteiger partial charge in [0.05, 0.1) is 19.6 Å². The first kappa shape index (κ1) is 10.5. The van der Waals surface area contributed by atoms with E-state index in [2.05, 4.69) is 0 Å². The number of benzene rings is 1. The summed E-state index contributed by atoms with van der Waals surface area (Å²) in [5.74, 6) is -0.0272. The van der Waals surface area contributed by atoms with E-state index in [4.69, 9.17) is 16.4 Å². The Bertz CT molecular complexity index is 361. The zero-order valence-corrected chi connectivity index (χ0v) is 9.04. The molecule has 3 nitrogen and oxygen atoms in total. The van der Waals surface area contributed by atoms with Crippen molar-refractivity contribution in [3.8, 4) is 0 Å². The Morgan fingerprint density at radius 2 is 2.27 bits per heavy atom. The van der Waals surface area contributed by atoms with Crippen LogP contribution >= 0.6 is 11.6 Å². The average Bonchev–Trinajstić information content (AvgIpc) is 2.74. The molecule has 80 valence electrons. The Balaban J connectivity index is 2.02. The third-order valence-electron chi connectivity index (χ3n) is 2.33. The minimum Gasteiger partial charge on any atom is -0.272 e. The van der Waals surface area contributed by atoms with Crippen LogP contribution in [0.1, 0.15) is 12.0 Å². The second kappa shape index (κ2) is 4.64. The highest BCUT2D eigenvalue weighted by molar-refractivity contribution is 6.31. The molecule has 1 aromatic carbocycles. The smallest absolute Gasteiger partial charge is 0.250 e. The summed E-state index contributed by atoms with van der Waals surface area (Å²) in [5, 5.41) is 2.05. The van der Waals surface area contributed by atoms with Crippen molar-refractivity contribution in [2.24, 2.45) is 0 Å². The Kier molecular flexibility index (Phi) is 3.23. The topological polar surface area (TPSA) is 29.5 Å². The molecule has 0 atom stereocenters. The first-order valence-corrected chi connectivity index (χ1v) is 5.32. The van der Waals surface area contributed by atoms with Gasteiger partial charge >= 0.3 is 0 Å². The summed E-state index contributed by atoms with van der Waals surface area (Å²) in [6, 6.07) is 7.37. The monoisotopic (exact) mass is 225 g/mol. The van der Waals surface area contributed by atoms with Crippen LogP contribution in [0.25, 0.3) is 0 Å². The molecule has 2 rings (SSSR count). The largest absolute Gasteiger partial charge is 0.272 e. The summed E-state index contributed by atoms with van der Waals surface area (Å²) >= 11 is 5.96. The Morgan fingerprint density at radius 1 is 1.47 bits per heavy atom. The molecule has 0 spiro atoms. The van der Waals surface area contributed by atoms with Crippen LogP contribution in [0.3, 0.4) is 0 Å². The molecule has 0 aromatic heterocycles. The van der Waals surface area contributed by atoms with Gasteiger partial charge in [-0.05, 0) is 18.1 Å². The lowest BCUT2D eigenvalue weighted by Gasteiger charge is -2.13. The van der Waals surface area contributed by atoms with Crippen molar-refractivity contribution in [3.63, 3.8) is 0 Å². The summed E-state index contributed by atoms with van der Waals surface area (Å²) in [4.78, 5) is 16.9. The molecule has 0 aliphatic carbocycles. The molecule has 15 heavy (non-hydrogen) atoms. The molecule has 1 saturated heterocycles. The lowest BCUT2D eigenvalue weighted by Crippen LogP contribution is -2.28. The van der Waals surface area contributed by atoms with Crippen molar-refractivity contribution >= 4 is 17.5 Å². The third-order valence-corrected chi connectivity index (χ3v) is 2.70. The van der Waals surface area contributed by atoms with E-state index in [0.717, 1.165) is 12.0 Å². The molecule has 1 fully saturated rings. The fraction of sp³-hybridized carbons (Fsp3) is 0.364. The van der Waals surface area contributed by atoms with Gasteiger partial charge in [-0.1, -0.05) is 29.8 Å². The number of amides is 1. The minimum absolute atomic E-state index is 0.0272. The molecule has 1 aliphatic heterocycles. The summed E-state index contributed by atoms with van der Waals surface area (Å²) < 4.78 is 0. The Hall–Kier alpha value is -1.06. The van der Waals surface area contributed by atoms with E-state index in [9.17, 15) is 4.79 Å². The van der Waals surface area contributed by atoms with E-state index in [1.807, 2.05) is 18.2 Å². The van der Waals surface area contributed by atoms with E-state index in [-0.39, 0.29) is 5.91 Å². The molecular weight excluding hydrogens is 214 g/mol. The molecule has 0 saturated carbocycles. The normalized spacial score (nSPS) is 15.7. The predicted octanol–water partition coefficient (Wildman–Crippen LogP) is 2.05.